The normalized spacial score (nSPS) is 23.7. The molecule has 4 nitrogen and oxygen atoms in total. The van der Waals surface area contributed by atoms with E-state index in [0.29, 0.717) is 5.82 Å². The Morgan fingerprint density at radius 2 is 1.80 bits per heavy atom. The number of hydrazine groups is 1. The van der Waals surface area contributed by atoms with Crippen LogP contribution in [0.2, 0.25) is 0 Å². The van der Waals surface area contributed by atoms with Crippen LogP contribution >= 0.6 is 0 Å². The molecule has 0 atom stereocenters. The van der Waals surface area contributed by atoms with E-state index in [4.69, 9.17) is 0 Å². The van der Waals surface area contributed by atoms with Crippen molar-refractivity contribution in [2.45, 2.75) is 57.8 Å². The van der Waals surface area contributed by atoms with Gasteiger partial charge >= 0.3 is 0 Å². The van der Waals surface area contributed by atoms with Crippen molar-refractivity contribution in [1.82, 2.24) is 15.8 Å². The van der Waals surface area contributed by atoms with Crippen molar-refractivity contribution >= 4 is 6.34 Å². The predicted molar refractivity (Wildman–Crippen MR) is 85.4 cm³/mol. The van der Waals surface area contributed by atoms with Crippen LogP contribution in [0.5, 0.6) is 0 Å². The van der Waals surface area contributed by atoms with Gasteiger partial charge in [0.1, 0.15) is 12.2 Å². The lowest BCUT2D eigenvalue weighted by Crippen LogP contribution is -2.31. The molecule has 0 spiro atoms. The maximum atomic E-state index is 3.69. The number of hydrogen-bond donors (Lipinski definition) is 2. The molecule has 0 unspecified atom stereocenters. The van der Waals surface area contributed by atoms with E-state index in [9.17, 15) is 0 Å². The molecule has 2 fully saturated rings. The van der Waals surface area contributed by atoms with E-state index in [2.05, 4.69) is 27.3 Å². The second-order valence-electron chi connectivity index (χ2n) is 6.17. The molecule has 0 bridgehead atoms. The minimum absolute atomic E-state index is 0.662. The van der Waals surface area contributed by atoms with E-state index in [1.54, 1.807) is 6.34 Å². The summed E-state index contributed by atoms with van der Waals surface area (Å²) in [5.74, 6) is 1.74. The summed E-state index contributed by atoms with van der Waals surface area (Å²) >= 11 is 0. The fraction of sp³-hybridized carbons (Fsp3) is 0.812. The molecule has 0 aromatic heterocycles. The molecule has 2 heterocycles. The van der Waals surface area contributed by atoms with Crippen LogP contribution in [0.25, 0.3) is 0 Å². The van der Waals surface area contributed by atoms with Gasteiger partial charge in [-0.1, -0.05) is 45.1 Å². The van der Waals surface area contributed by atoms with Gasteiger partial charge in [0.25, 0.3) is 0 Å². The van der Waals surface area contributed by atoms with Crippen LogP contribution in [-0.4, -0.2) is 30.9 Å². The van der Waals surface area contributed by atoms with Gasteiger partial charge in [-0.05, 0) is 44.8 Å². The fourth-order valence-corrected chi connectivity index (χ4v) is 3.28. The summed E-state index contributed by atoms with van der Waals surface area (Å²) in [7, 11) is 0. The highest BCUT2D eigenvalue weighted by atomic mass is 15.4. The molecule has 0 aromatic carbocycles. The lowest BCUT2D eigenvalue weighted by atomic mass is 9.87. The summed E-state index contributed by atoms with van der Waals surface area (Å²) < 4.78 is 0. The molecule has 20 heavy (non-hydrogen) atoms. The summed E-state index contributed by atoms with van der Waals surface area (Å²) in [6, 6.07) is 0. The lowest BCUT2D eigenvalue weighted by molar-refractivity contribution is 0.201. The van der Waals surface area contributed by atoms with Gasteiger partial charge in [-0.15, -0.1) is 0 Å². The van der Waals surface area contributed by atoms with Crippen molar-refractivity contribution in [2.24, 2.45) is 10.9 Å². The van der Waals surface area contributed by atoms with Gasteiger partial charge in [-0.2, -0.15) is 0 Å². The average Bonchev–Trinajstić information content (AvgIpc) is 2.99. The SMILES string of the molecule is C1CCC(CCN2CCCCC2)CC1.C=C1N=CNN1. The van der Waals surface area contributed by atoms with E-state index in [0.717, 1.165) is 5.92 Å². The molecular formula is C16H30N4. The molecule has 1 aliphatic carbocycles. The first-order valence-corrected chi connectivity index (χ1v) is 8.30. The van der Waals surface area contributed by atoms with Crippen LogP contribution in [-0.2, 0) is 0 Å². The maximum absolute atomic E-state index is 3.69. The minimum Gasteiger partial charge on any atom is -0.303 e. The Hall–Kier alpha value is -1.03. The third-order valence-electron chi connectivity index (χ3n) is 4.53. The molecule has 0 radical (unpaired) electrons. The van der Waals surface area contributed by atoms with E-state index in [1.807, 2.05) is 0 Å². The Kier molecular flexibility index (Phi) is 6.92. The topological polar surface area (TPSA) is 39.7 Å². The van der Waals surface area contributed by atoms with E-state index >= 15 is 0 Å². The molecule has 2 N–H and O–H groups in total. The first kappa shape index (κ1) is 15.4. The maximum Gasteiger partial charge on any atom is 0.138 e. The number of nitrogens with one attached hydrogen (secondary N) is 2. The summed E-state index contributed by atoms with van der Waals surface area (Å²) in [6.07, 6.45) is 15.0. The number of nitrogens with zero attached hydrogens (tertiary/aromatic N) is 2. The zero-order chi connectivity index (χ0) is 14.0. The van der Waals surface area contributed by atoms with Crippen molar-refractivity contribution in [3.05, 3.63) is 12.4 Å². The van der Waals surface area contributed by atoms with Gasteiger partial charge in [0, 0.05) is 0 Å². The molecule has 0 aromatic rings. The quantitative estimate of drug-likeness (QED) is 0.833. The van der Waals surface area contributed by atoms with E-state index in [-0.39, 0.29) is 0 Å². The van der Waals surface area contributed by atoms with Crippen molar-refractivity contribution < 1.29 is 0 Å². The van der Waals surface area contributed by atoms with Gasteiger partial charge in [0.2, 0.25) is 0 Å². The molecule has 3 rings (SSSR count). The number of rotatable bonds is 3. The van der Waals surface area contributed by atoms with Gasteiger partial charge < -0.3 is 4.90 Å². The molecular weight excluding hydrogens is 248 g/mol. The smallest absolute Gasteiger partial charge is 0.138 e. The fourth-order valence-electron chi connectivity index (χ4n) is 3.28. The molecule has 114 valence electrons. The van der Waals surface area contributed by atoms with Gasteiger partial charge in [-0.25, -0.2) is 4.99 Å². The van der Waals surface area contributed by atoms with Gasteiger partial charge in [0.05, 0.1) is 0 Å². The Morgan fingerprint density at radius 1 is 1.10 bits per heavy atom. The Bertz CT molecular complexity index is 284. The molecule has 1 saturated carbocycles. The molecule has 2 aliphatic heterocycles. The monoisotopic (exact) mass is 278 g/mol. The minimum atomic E-state index is 0.662. The summed E-state index contributed by atoms with van der Waals surface area (Å²) in [5, 5.41) is 0. The Morgan fingerprint density at radius 3 is 2.35 bits per heavy atom. The van der Waals surface area contributed by atoms with Crippen LogP contribution < -0.4 is 10.9 Å². The summed E-state index contributed by atoms with van der Waals surface area (Å²) in [4.78, 5) is 6.39. The van der Waals surface area contributed by atoms with Crippen molar-refractivity contribution in [3.8, 4) is 0 Å². The standard InChI is InChI=1S/C13H25N.C3H5N3/c1-3-7-13(8-4-1)9-12-14-10-5-2-6-11-14;1-3-4-2-5-6-3/h13H,1-12H2;2,6H,1H2,(H,4,5). The number of likely N-dealkylation sites (tertiary alicyclic amines) is 1. The van der Waals surface area contributed by atoms with Gasteiger partial charge in [-0.3, -0.25) is 10.9 Å². The second-order valence-corrected chi connectivity index (χ2v) is 6.17. The van der Waals surface area contributed by atoms with Crippen molar-refractivity contribution in [2.75, 3.05) is 19.6 Å². The highest BCUT2D eigenvalue weighted by Gasteiger charge is 2.15. The summed E-state index contributed by atoms with van der Waals surface area (Å²) in [5.41, 5.74) is 5.28. The highest BCUT2D eigenvalue weighted by molar-refractivity contribution is 5.58. The van der Waals surface area contributed by atoms with E-state index < -0.39 is 0 Å². The molecule has 3 aliphatic rings. The third kappa shape index (κ3) is 5.95. The first-order valence-electron chi connectivity index (χ1n) is 8.30. The Balaban J connectivity index is 0.000000205. The zero-order valence-corrected chi connectivity index (χ0v) is 12.7. The molecule has 4 heteroatoms. The second kappa shape index (κ2) is 9.01. The number of piperidine rings is 1. The van der Waals surface area contributed by atoms with Crippen LogP contribution in [0.3, 0.4) is 0 Å². The van der Waals surface area contributed by atoms with Gasteiger partial charge in [0.15, 0.2) is 0 Å². The molecule has 1 saturated heterocycles. The van der Waals surface area contributed by atoms with Crippen LogP contribution in [0.1, 0.15) is 57.8 Å². The molecule has 0 amide bonds. The predicted octanol–water partition coefficient (Wildman–Crippen LogP) is 3.04. The Labute approximate surface area is 123 Å². The van der Waals surface area contributed by atoms with Crippen LogP contribution in [0, 0.1) is 5.92 Å². The van der Waals surface area contributed by atoms with Crippen molar-refractivity contribution in [3.63, 3.8) is 0 Å². The lowest BCUT2D eigenvalue weighted by Gasteiger charge is -2.29. The zero-order valence-electron chi connectivity index (χ0n) is 12.7. The number of hydrogen-bond acceptors (Lipinski definition) is 4. The number of aliphatic imine (C=N–C) groups is 1. The average molecular weight is 278 g/mol. The van der Waals surface area contributed by atoms with Crippen molar-refractivity contribution in [1.29, 1.82) is 0 Å². The first-order chi connectivity index (χ1) is 9.84. The third-order valence-corrected chi connectivity index (χ3v) is 4.53. The highest BCUT2D eigenvalue weighted by Crippen LogP contribution is 2.26. The summed E-state index contributed by atoms with van der Waals surface area (Å²) in [6.45, 7) is 7.64. The van der Waals surface area contributed by atoms with Crippen LogP contribution in [0.15, 0.2) is 17.4 Å². The van der Waals surface area contributed by atoms with E-state index in [1.165, 1.54) is 77.4 Å². The largest absolute Gasteiger partial charge is 0.303 e. The van der Waals surface area contributed by atoms with Crippen LogP contribution in [0.4, 0.5) is 0 Å².